The Kier molecular flexibility index (Phi) is 11.5. The van der Waals surface area contributed by atoms with Gasteiger partial charge in [-0.15, -0.1) is 11.3 Å². The van der Waals surface area contributed by atoms with Gasteiger partial charge in [0.05, 0.1) is 18.0 Å². The van der Waals surface area contributed by atoms with E-state index in [0.717, 1.165) is 18.5 Å². The smallest absolute Gasteiger partial charge is 0.420 e. The second kappa shape index (κ2) is 14.6. The van der Waals surface area contributed by atoms with E-state index in [-0.39, 0.29) is 16.4 Å². The van der Waals surface area contributed by atoms with Gasteiger partial charge in [-0.3, -0.25) is 4.40 Å². The Hall–Kier alpha value is -2.29. The standard InChI is InChI=1S/C16H29NS.C12H6ClF3N2O/c1-2-3-4-5-6-7-9-15(14-17)11-12-16-10-8-13-18-16;13-10-5-17-11-8(12(14,15)16)4-7(6-18(10)11)9-2-1-3-19-9/h8,10,13,15H,2-7,9,11-12,14,17H2,1H3;1-6H. The van der Waals surface area contributed by atoms with Crippen LogP contribution >= 0.6 is 22.9 Å². The van der Waals surface area contributed by atoms with Gasteiger partial charge in [0, 0.05) is 16.6 Å². The van der Waals surface area contributed by atoms with Gasteiger partial charge in [0.2, 0.25) is 0 Å². The van der Waals surface area contributed by atoms with Crippen LogP contribution in [0.2, 0.25) is 5.15 Å². The predicted molar refractivity (Wildman–Crippen MR) is 146 cm³/mol. The van der Waals surface area contributed by atoms with Gasteiger partial charge in [0.1, 0.15) is 16.6 Å². The van der Waals surface area contributed by atoms with E-state index in [2.05, 4.69) is 29.4 Å². The Morgan fingerprint density at radius 1 is 1.11 bits per heavy atom. The summed E-state index contributed by atoms with van der Waals surface area (Å²) < 4.78 is 45.4. The van der Waals surface area contributed by atoms with Gasteiger partial charge < -0.3 is 10.2 Å². The molecule has 4 heterocycles. The molecule has 0 aromatic carbocycles. The van der Waals surface area contributed by atoms with Crippen LogP contribution in [0.4, 0.5) is 13.2 Å². The molecular weight excluding hydrogens is 519 g/mol. The fraction of sp³-hybridized carbons (Fsp3) is 0.464. The second-order valence-corrected chi connectivity index (χ2v) is 10.6. The zero-order valence-electron chi connectivity index (χ0n) is 21.1. The SMILES string of the molecule is CCCCCCCCC(CN)CCc1cccs1.FC(F)(F)c1cc(-c2ccco2)cn2c(Cl)cnc12. The number of furan rings is 1. The van der Waals surface area contributed by atoms with Crippen LogP contribution in [-0.4, -0.2) is 15.9 Å². The van der Waals surface area contributed by atoms with Gasteiger partial charge >= 0.3 is 6.18 Å². The first-order valence-electron chi connectivity index (χ1n) is 12.8. The van der Waals surface area contributed by atoms with Crippen LogP contribution in [0.15, 0.2) is 58.8 Å². The molecule has 0 aliphatic rings. The van der Waals surface area contributed by atoms with Crippen molar-refractivity contribution in [2.75, 3.05) is 6.54 Å². The molecule has 0 spiro atoms. The molecule has 4 nitrogen and oxygen atoms in total. The number of fused-ring (bicyclic) bond motifs is 1. The van der Waals surface area contributed by atoms with Gasteiger partial charge in [0.15, 0.2) is 0 Å². The average Bonchev–Trinajstić information content (AvgIpc) is 3.66. The van der Waals surface area contributed by atoms with Crippen molar-refractivity contribution in [3.05, 3.63) is 70.0 Å². The van der Waals surface area contributed by atoms with E-state index < -0.39 is 11.7 Å². The Morgan fingerprint density at radius 2 is 1.89 bits per heavy atom. The fourth-order valence-corrected chi connectivity index (χ4v) is 5.14. The molecule has 0 radical (unpaired) electrons. The fourth-order valence-electron chi connectivity index (χ4n) is 4.24. The van der Waals surface area contributed by atoms with Gasteiger partial charge in [-0.25, -0.2) is 4.98 Å². The number of hydrogen-bond donors (Lipinski definition) is 1. The van der Waals surface area contributed by atoms with Gasteiger partial charge in [-0.1, -0.05) is 63.1 Å². The first-order chi connectivity index (χ1) is 17.8. The summed E-state index contributed by atoms with van der Waals surface area (Å²) in [5, 5.41) is 2.27. The molecule has 0 amide bonds. The third-order valence-corrected chi connectivity index (χ3v) is 7.57. The van der Waals surface area contributed by atoms with Crippen LogP contribution in [0.25, 0.3) is 17.0 Å². The van der Waals surface area contributed by atoms with E-state index in [9.17, 15) is 13.2 Å². The minimum absolute atomic E-state index is 0.105. The molecule has 202 valence electrons. The summed E-state index contributed by atoms with van der Waals surface area (Å²) in [5.41, 5.74) is 5.08. The van der Waals surface area contributed by atoms with Crippen molar-refractivity contribution in [3.8, 4) is 11.3 Å². The van der Waals surface area contributed by atoms with Crippen LogP contribution in [0.3, 0.4) is 0 Å². The van der Waals surface area contributed by atoms with Crippen LogP contribution in [0.1, 0.15) is 68.7 Å². The number of nitrogens with zero attached hydrogens (tertiary/aromatic N) is 2. The van der Waals surface area contributed by atoms with E-state index in [1.54, 1.807) is 12.1 Å². The summed E-state index contributed by atoms with van der Waals surface area (Å²) in [5.74, 6) is 1.07. The summed E-state index contributed by atoms with van der Waals surface area (Å²) in [6.07, 6.45) is 11.7. The van der Waals surface area contributed by atoms with Crippen molar-refractivity contribution in [3.63, 3.8) is 0 Å². The lowest BCUT2D eigenvalue weighted by molar-refractivity contribution is -0.136. The van der Waals surface area contributed by atoms with Crippen molar-refractivity contribution >= 4 is 28.6 Å². The number of hydrogen-bond acceptors (Lipinski definition) is 4. The number of aryl methyl sites for hydroxylation is 1. The zero-order chi connectivity index (χ0) is 26.7. The van der Waals surface area contributed by atoms with Gasteiger partial charge in [-0.05, 0) is 61.4 Å². The molecule has 1 atom stereocenters. The number of alkyl halides is 3. The quantitative estimate of drug-likeness (QED) is 0.178. The minimum atomic E-state index is -4.52. The van der Waals surface area contributed by atoms with Crippen molar-refractivity contribution in [1.29, 1.82) is 0 Å². The Bertz CT molecular complexity index is 1170. The molecule has 0 saturated heterocycles. The number of imidazole rings is 1. The topological polar surface area (TPSA) is 56.5 Å². The molecule has 0 fully saturated rings. The van der Waals surface area contributed by atoms with Crippen LogP contribution < -0.4 is 5.73 Å². The van der Waals surface area contributed by atoms with E-state index >= 15 is 0 Å². The summed E-state index contributed by atoms with van der Waals surface area (Å²) in [6, 6.07) is 8.56. The number of pyridine rings is 1. The number of rotatable bonds is 12. The zero-order valence-corrected chi connectivity index (χ0v) is 22.7. The van der Waals surface area contributed by atoms with Crippen LogP contribution in [-0.2, 0) is 12.6 Å². The molecule has 1 unspecified atom stereocenters. The Balaban J connectivity index is 0.000000206. The number of unbranched alkanes of at least 4 members (excludes halogenated alkanes) is 5. The Labute approximate surface area is 225 Å². The average molecular weight is 554 g/mol. The lowest BCUT2D eigenvalue weighted by Crippen LogP contribution is -2.15. The van der Waals surface area contributed by atoms with Crippen LogP contribution in [0.5, 0.6) is 0 Å². The maximum absolute atomic E-state index is 13.0. The highest BCUT2D eigenvalue weighted by molar-refractivity contribution is 7.09. The molecule has 0 saturated carbocycles. The lowest BCUT2D eigenvalue weighted by Gasteiger charge is -2.13. The number of halogens is 4. The summed E-state index contributed by atoms with van der Waals surface area (Å²) >= 11 is 7.70. The highest BCUT2D eigenvalue weighted by Crippen LogP contribution is 2.36. The third kappa shape index (κ3) is 8.90. The molecule has 37 heavy (non-hydrogen) atoms. The summed E-state index contributed by atoms with van der Waals surface area (Å²) in [4.78, 5) is 5.20. The summed E-state index contributed by atoms with van der Waals surface area (Å²) in [6.45, 7) is 3.13. The highest BCUT2D eigenvalue weighted by Gasteiger charge is 2.35. The van der Waals surface area contributed by atoms with Crippen molar-refractivity contribution in [1.82, 2.24) is 9.38 Å². The van der Waals surface area contributed by atoms with Crippen molar-refractivity contribution < 1.29 is 17.6 Å². The predicted octanol–water partition coefficient (Wildman–Crippen LogP) is 9.27. The maximum atomic E-state index is 13.0. The monoisotopic (exact) mass is 553 g/mol. The number of nitrogens with two attached hydrogens (primary N) is 1. The minimum Gasteiger partial charge on any atom is -0.464 e. The molecule has 4 aromatic heterocycles. The molecule has 0 bridgehead atoms. The first-order valence-corrected chi connectivity index (χ1v) is 14.1. The van der Waals surface area contributed by atoms with Crippen LogP contribution in [0, 0.1) is 5.92 Å². The second-order valence-electron chi connectivity index (χ2n) is 9.17. The maximum Gasteiger partial charge on any atom is 0.420 e. The first kappa shape index (κ1) is 29.3. The lowest BCUT2D eigenvalue weighted by atomic mass is 9.95. The van der Waals surface area contributed by atoms with Gasteiger partial charge in [-0.2, -0.15) is 13.2 Å². The molecule has 0 aliphatic carbocycles. The molecule has 9 heteroatoms. The highest BCUT2D eigenvalue weighted by atomic mass is 35.5. The normalized spacial score (nSPS) is 12.5. The molecule has 4 aromatic rings. The summed E-state index contributed by atoms with van der Waals surface area (Å²) in [7, 11) is 0. The van der Waals surface area contributed by atoms with E-state index in [1.165, 1.54) is 85.7 Å². The molecule has 0 aliphatic heterocycles. The molecular formula is C28H35ClF3N3OS. The van der Waals surface area contributed by atoms with Gasteiger partial charge in [0.25, 0.3) is 0 Å². The Morgan fingerprint density at radius 3 is 2.54 bits per heavy atom. The number of aromatic nitrogens is 2. The van der Waals surface area contributed by atoms with E-state index in [0.29, 0.717) is 5.76 Å². The van der Waals surface area contributed by atoms with Crippen molar-refractivity contribution in [2.24, 2.45) is 11.7 Å². The third-order valence-electron chi connectivity index (χ3n) is 6.35. The molecule has 4 rings (SSSR count). The number of thiophene rings is 1. The largest absolute Gasteiger partial charge is 0.464 e. The van der Waals surface area contributed by atoms with Crippen molar-refractivity contribution in [2.45, 2.75) is 70.9 Å². The molecule has 2 N–H and O–H groups in total. The van der Waals surface area contributed by atoms with E-state index in [1.807, 2.05) is 11.3 Å². The van der Waals surface area contributed by atoms with E-state index in [4.69, 9.17) is 21.8 Å².